The second kappa shape index (κ2) is 8.54. The number of aromatic amines is 1. The van der Waals surface area contributed by atoms with Crippen molar-refractivity contribution in [2.45, 2.75) is 19.4 Å². The van der Waals surface area contributed by atoms with Crippen LogP contribution in [0.15, 0.2) is 66.7 Å². The van der Waals surface area contributed by atoms with Crippen molar-refractivity contribution in [3.05, 3.63) is 89.1 Å². The number of fused-ring (bicyclic) bond motifs is 3. The number of benzene rings is 3. The summed E-state index contributed by atoms with van der Waals surface area (Å²) in [6.45, 7) is 2.66. The molecule has 168 valence electrons. The normalized spacial score (nSPS) is 15.2. The lowest BCUT2D eigenvalue weighted by Crippen LogP contribution is -2.43. The second-order valence-corrected chi connectivity index (χ2v) is 8.32. The van der Waals surface area contributed by atoms with E-state index in [0.29, 0.717) is 18.0 Å². The molecule has 33 heavy (non-hydrogen) atoms. The number of hydrogen-bond donors (Lipinski definition) is 2. The topological polar surface area (TPSA) is 66.6 Å². The molecule has 0 aliphatic carbocycles. The van der Waals surface area contributed by atoms with Gasteiger partial charge in [-0.3, -0.25) is 0 Å². The van der Waals surface area contributed by atoms with Crippen LogP contribution in [0.4, 0.5) is 10.5 Å². The zero-order valence-electron chi connectivity index (χ0n) is 19.0. The molecule has 1 aromatic heterocycles. The van der Waals surface area contributed by atoms with Gasteiger partial charge in [0.05, 0.1) is 25.9 Å². The van der Waals surface area contributed by atoms with Crippen LogP contribution in [0.1, 0.15) is 28.4 Å². The number of ether oxygens (including phenoxy) is 2. The number of H-pyrrole nitrogens is 1. The van der Waals surface area contributed by atoms with Gasteiger partial charge < -0.3 is 24.7 Å². The van der Waals surface area contributed by atoms with E-state index < -0.39 is 0 Å². The van der Waals surface area contributed by atoms with Gasteiger partial charge in [-0.25, -0.2) is 4.79 Å². The molecule has 2 amide bonds. The molecule has 1 aliphatic rings. The molecule has 6 nitrogen and oxygen atoms in total. The molecule has 0 radical (unpaired) electrons. The van der Waals surface area contributed by atoms with Gasteiger partial charge >= 0.3 is 6.03 Å². The molecule has 2 N–H and O–H groups in total. The maximum atomic E-state index is 13.5. The minimum Gasteiger partial charge on any atom is -0.497 e. The van der Waals surface area contributed by atoms with Crippen LogP contribution in [0, 0.1) is 6.92 Å². The Morgan fingerprint density at radius 3 is 2.58 bits per heavy atom. The highest BCUT2D eigenvalue weighted by atomic mass is 16.5. The summed E-state index contributed by atoms with van der Waals surface area (Å²) in [5, 5.41) is 4.20. The molecule has 0 unspecified atom stereocenters. The second-order valence-electron chi connectivity index (χ2n) is 8.32. The number of aromatic nitrogens is 1. The SMILES string of the molecule is COc1ccc2[nH]c3c(c2c1)CCN(C(=O)Nc1ccccc1OC)[C@@H]3c1ccc(C)cc1. The van der Waals surface area contributed by atoms with Crippen LogP contribution in [0.2, 0.25) is 0 Å². The molecular formula is C27H27N3O3. The van der Waals surface area contributed by atoms with E-state index in [0.717, 1.165) is 34.3 Å². The van der Waals surface area contributed by atoms with Crippen LogP contribution in [0.5, 0.6) is 11.5 Å². The number of carbonyl (C=O) groups excluding carboxylic acids is 1. The summed E-state index contributed by atoms with van der Waals surface area (Å²) in [7, 11) is 3.28. The van der Waals surface area contributed by atoms with Crippen LogP contribution >= 0.6 is 0 Å². The Balaban J connectivity index is 1.58. The summed E-state index contributed by atoms with van der Waals surface area (Å²) in [4.78, 5) is 19.0. The Bertz CT molecular complexity index is 1310. The zero-order chi connectivity index (χ0) is 22.9. The molecule has 1 aliphatic heterocycles. The van der Waals surface area contributed by atoms with Crippen molar-refractivity contribution in [1.82, 2.24) is 9.88 Å². The van der Waals surface area contributed by atoms with Crippen molar-refractivity contribution in [3.63, 3.8) is 0 Å². The van der Waals surface area contributed by atoms with E-state index in [2.05, 4.69) is 47.6 Å². The number of nitrogens with one attached hydrogen (secondary N) is 2. The summed E-state index contributed by atoms with van der Waals surface area (Å²) >= 11 is 0. The summed E-state index contributed by atoms with van der Waals surface area (Å²) in [6.07, 6.45) is 0.754. The van der Waals surface area contributed by atoms with Gasteiger partial charge in [0.25, 0.3) is 0 Å². The molecule has 0 spiro atoms. The van der Waals surface area contributed by atoms with E-state index in [1.807, 2.05) is 41.3 Å². The van der Waals surface area contributed by atoms with Gasteiger partial charge in [-0.2, -0.15) is 0 Å². The predicted octanol–water partition coefficient (Wildman–Crippen LogP) is 5.67. The Hall–Kier alpha value is -3.93. The Morgan fingerprint density at radius 1 is 1.03 bits per heavy atom. The first-order valence-corrected chi connectivity index (χ1v) is 11.0. The number of rotatable bonds is 4. The highest BCUT2D eigenvalue weighted by molar-refractivity contribution is 5.93. The van der Waals surface area contributed by atoms with Gasteiger partial charge in [-0.05, 0) is 54.8 Å². The van der Waals surface area contributed by atoms with Crippen molar-refractivity contribution in [2.24, 2.45) is 0 Å². The van der Waals surface area contributed by atoms with E-state index in [1.165, 1.54) is 11.1 Å². The molecule has 5 rings (SSSR count). The van der Waals surface area contributed by atoms with Gasteiger partial charge in [0.2, 0.25) is 0 Å². The van der Waals surface area contributed by atoms with Crippen LogP contribution in [0.3, 0.4) is 0 Å². The summed E-state index contributed by atoms with van der Waals surface area (Å²) < 4.78 is 10.9. The molecule has 0 saturated carbocycles. The maximum Gasteiger partial charge on any atom is 0.322 e. The van der Waals surface area contributed by atoms with Crippen LogP contribution in [-0.2, 0) is 6.42 Å². The lowest BCUT2D eigenvalue weighted by Gasteiger charge is -2.36. The molecule has 3 aromatic carbocycles. The Morgan fingerprint density at radius 2 is 1.82 bits per heavy atom. The number of aryl methyl sites for hydroxylation is 1. The molecule has 0 bridgehead atoms. The number of hydrogen-bond acceptors (Lipinski definition) is 3. The number of urea groups is 1. The molecular weight excluding hydrogens is 414 g/mol. The number of amides is 2. The van der Waals surface area contributed by atoms with Crippen molar-refractivity contribution in [2.75, 3.05) is 26.1 Å². The monoisotopic (exact) mass is 441 g/mol. The van der Waals surface area contributed by atoms with E-state index in [9.17, 15) is 4.79 Å². The lowest BCUT2D eigenvalue weighted by molar-refractivity contribution is 0.193. The fraction of sp³-hybridized carbons (Fsp3) is 0.222. The van der Waals surface area contributed by atoms with Gasteiger partial charge in [-0.15, -0.1) is 0 Å². The van der Waals surface area contributed by atoms with Crippen LogP contribution < -0.4 is 14.8 Å². The highest BCUT2D eigenvalue weighted by Crippen LogP contribution is 2.40. The van der Waals surface area contributed by atoms with Gasteiger partial charge in [-0.1, -0.05) is 42.0 Å². The van der Waals surface area contributed by atoms with E-state index >= 15 is 0 Å². The summed E-state index contributed by atoms with van der Waals surface area (Å²) in [5.74, 6) is 1.46. The maximum absolute atomic E-state index is 13.5. The van der Waals surface area contributed by atoms with Crippen molar-refractivity contribution in [3.8, 4) is 11.5 Å². The standard InChI is InChI=1S/C27H27N3O3/c1-17-8-10-18(11-9-17)26-25-20(21-16-19(32-2)12-13-22(21)28-25)14-15-30(26)27(31)29-23-6-4-5-7-24(23)33-3/h4-13,16,26,28H,14-15H2,1-3H3,(H,29,31)/t26-/m1/s1. The number of para-hydroxylation sites is 2. The Kier molecular flexibility index (Phi) is 5.42. The molecule has 2 heterocycles. The van der Waals surface area contributed by atoms with Crippen LogP contribution in [0.25, 0.3) is 10.9 Å². The molecule has 0 saturated heterocycles. The van der Waals surface area contributed by atoms with Crippen molar-refractivity contribution < 1.29 is 14.3 Å². The number of carbonyl (C=O) groups is 1. The van der Waals surface area contributed by atoms with Gasteiger partial charge in [0, 0.05) is 23.1 Å². The number of anilines is 1. The predicted molar refractivity (Wildman–Crippen MR) is 130 cm³/mol. The highest BCUT2D eigenvalue weighted by Gasteiger charge is 2.35. The third-order valence-electron chi connectivity index (χ3n) is 6.34. The smallest absolute Gasteiger partial charge is 0.322 e. The summed E-state index contributed by atoms with van der Waals surface area (Å²) in [5.41, 5.74) is 6.22. The number of methoxy groups -OCH3 is 2. The molecule has 0 fully saturated rings. The zero-order valence-corrected chi connectivity index (χ0v) is 19.0. The Labute approximate surface area is 193 Å². The van der Waals surface area contributed by atoms with Gasteiger partial charge in [0.1, 0.15) is 11.5 Å². The summed E-state index contributed by atoms with van der Waals surface area (Å²) in [6, 6.07) is 21.5. The lowest BCUT2D eigenvalue weighted by atomic mass is 9.92. The van der Waals surface area contributed by atoms with E-state index in [-0.39, 0.29) is 12.1 Å². The van der Waals surface area contributed by atoms with Gasteiger partial charge in [0.15, 0.2) is 0 Å². The van der Waals surface area contributed by atoms with E-state index in [1.54, 1.807) is 14.2 Å². The third kappa shape index (κ3) is 3.78. The number of nitrogens with zero attached hydrogens (tertiary/aromatic N) is 1. The van der Waals surface area contributed by atoms with Crippen molar-refractivity contribution >= 4 is 22.6 Å². The molecule has 4 aromatic rings. The van der Waals surface area contributed by atoms with Crippen LogP contribution in [-0.4, -0.2) is 36.7 Å². The first-order chi connectivity index (χ1) is 16.1. The minimum atomic E-state index is -0.234. The quantitative estimate of drug-likeness (QED) is 0.429. The molecule has 1 atom stereocenters. The average Bonchev–Trinajstić information content (AvgIpc) is 3.22. The molecule has 6 heteroatoms. The third-order valence-corrected chi connectivity index (χ3v) is 6.34. The first kappa shape index (κ1) is 20.9. The largest absolute Gasteiger partial charge is 0.497 e. The van der Waals surface area contributed by atoms with E-state index in [4.69, 9.17) is 9.47 Å². The van der Waals surface area contributed by atoms with Crippen molar-refractivity contribution in [1.29, 1.82) is 0 Å². The fourth-order valence-corrected chi connectivity index (χ4v) is 4.64. The minimum absolute atomic E-state index is 0.160. The fourth-order valence-electron chi connectivity index (χ4n) is 4.64. The first-order valence-electron chi connectivity index (χ1n) is 11.0. The average molecular weight is 442 g/mol.